The average Bonchev–Trinajstić information content (AvgIpc) is 3.33. The number of thiophene rings is 1. The Hall–Kier alpha value is -3.07. The molecule has 0 bridgehead atoms. The minimum absolute atomic E-state index is 0.111. The monoisotopic (exact) mass is 383 g/mol. The summed E-state index contributed by atoms with van der Waals surface area (Å²) in [4.78, 5) is 39.8. The first kappa shape index (κ1) is 17.3. The molecule has 2 aromatic heterocycles. The Morgan fingerprint density at radius 2 is 2.04 bits per heavy atom. The van der Waals surface area contributed by atoms with Crippen LogP contribution in [0.3, 0.4) is 0 Å². The first-order valence-electron chi connectivity index (χ1n) is 8.56. The van der Waals surface area contributed by atoms with Crippen molar-refractivity contribution < 1.29 is 9.59 Å². The van der Waals surface area contributed by atoms with Gasteiger partial charge in [0, 0.05) is 11.4 Å². The van der Waals surface area contributed by atoms with Gasteiger partial charge >= 0.3 is 0 Å². The summed E-state index contributed by atoms with van der Waals surface area (Å²) in [5.41, 5.74) is 5.49. The molecule has 3 aromatic rings. The molecule has 27 heavy (non-hydrogen) atoms. The van der Waals surface area contributed by atoms with Crippen LogP contribution in [0.4, 0.5) is 0 Å². The molecule has 1 aliphatic heterocycles. The molecule has 9 heteroatoms. The molecule has 0 radical (unpaired) electrons. The number of nitrogens with two attached hydrogens (primary N) is 1. The zero-order chi connectivity index (χ0) is 19.0. The summed E-state index contributed by atoms with van der Waals surface area (Å²) in [7, 11) is 0. The van der Waals surface area contributed by atoms with Crippen LogP contribution < -0.4 is 11.3 Å². The quantitative estimate of drug-likeness (QED) is 0.730. The maximum atomic E-state index is 12.8. The lowest BCUT2D eigenvalue weighted by Crippen LogP contribution is -2.37. The van der Waals surface area contributed by atoms with E-state index in [9.17, 15) is 14.4 Å². The lowest BCUT2D eigenvalue weighted by Gasteiger charge is -2.24. The zero-order valence-corrected chi connectivity index (χ0v) is 15.2. The van der Waals surface area contributed by atoms with Crippen LogP contribution in [0, 0.1) is 0 Å². The fourth-order valence-corrected chi connectivity index (χ4v) is 4.38. The number of carbonyl (C=O) groups excluding carboxylic acids is 2. The number of carbonyl (C=O) groups is 2. The molecular formula is C18H17N5O3S. The third-order valence-corrected chi connectivity index (χ3v) is 5.89. The van der Waals surface area contributed by atoms with E-state index in [0.29, 0.717) is 22.3 Å². The number of fused-ring (bicyclic) bond motifs is 1. The zero-order valence-electron chi connectivity index (χ0n) is 14.4. The molecule has 0 aliphatic carbocycles. The van der Waals surface area contributed by atoms with Gasteiger partial charge in [-0.15, -0.1) is 16.4 Å². The number of rotatable bonds is 4. The Balaban J connectivity index is 1.58. The third-order valence-electron chi connectivity index (χ3n) is 4.69. The van der Waals surface area contributed by atoms with Gasteiger partial charge in [0.1, 0.15) is 12.1 Å². The lowest BCUT2D eigenvalue weighted by molar-refractivity contribution is -0.133. The van der Waals surface area contributed by atoms with Crippen LogP contribution in [0.1, 0.15) is 33.4 Å². The highest BCUT2D eigenvalue weighted by atomic mass is 32.1. The second-order valence-corrected chi connectivity index (χ2v) is 7.50. The van der Waals surface area contributed by atoms with Crippen LogP contribution in [0.15, 0.2) is 41.2 Å². The van der Waals surface area contributed by atoms with Gasteiger partial charge in [-0.05, 0) is 37.1 Å². The summed E-state index contributed by atoms with van der Waals surface area (Å²) < 4.78 is 1.10. The number of hydrogen-bond donors (Lipinski definition) is 1. The van der Waals surface area contributed by atoms with E-state index in [1.807, 2.05) is 6.07 Å². The summed E-state index contributed by atoms with van der Waals surface area (Å²) in [5, 5.41) is 8.34. The van der Waals surface area contributed by atoms with E-state index in [-0.39, 0.29) is 24.1 Å². The molecule has 2 N–H and O–H groups in total. The fraction of sp³-hybridized carbons (Fsp3) is 0.278. The highest BCUT2D eigenvalue weighted by Gasteiger charge is 2.31. The summed E-state index contributed by atoms with van der Waals surface area (Å²) >= 11 is 1.31. The van der Waals surface area contributed by atoms with Gasteiger partial charge in [-0.2, -0.15) is 0 Å². The Kier molecular flexibility index (Phi) is 4.44. The van der Waals surface area contributed by atoms with Crippen LogP contribution in [0.2, 0.25) is 0 Å². The molecule has 0 spiro atoms. The van der Waals surface area contributed by atoms with Crippen molar-refractivity contribution in [3.8, 4) is 0 Å². The van der Waals surface area contributed by atoms with Gasteiger partial charge in [0.25, 0.3) is 11.5 Å². The van der Waals surface area contributed by atoms with Crippen LogP contribution in [0.25, 0.3) is 10.9 Å². The first-order valence-corrected chi connectivity index (χ1v) is 9.38. The van der Waals surface area contributed by atoms with Gasteiger partial charge in [-0.25, -0.2) is 4.68 Å². The molecule has 1 saturated heterocycles. The van der Waals surface area contributed by atoms with Gasteiger partial charge in [-0.1, -0.05) is 17.3 Å². The highest BCUT2D eigenvalue weighted by Crippen LogP contribution is 2.36. The molecule has 8 nitrogen and oxygen atoms in total. The van der Waals surface area contributed by atoms with Crippen molar-refractivity contribution in [1.82, 2.24) is 19.9 Å². The standard InChI is InChI=1S/C18H17N5O3S/c19-17(25)15-8-7-14(27-15)13-6-3-9-22(13)16(24)10-23-18(26)11-4-1-2-5-12(11)20-21-23/h1-2,4-5,7-8,13H,3,6,9-10H2,(H2,19,25)/t13-/m1/s1. The van der Waals surface area contributed by atoms with E-state index in [0.717, 1.165) is 22.4 Å². The molecule has 1 aliphatic rings. The normalized spacial score (nSPS) is 16.7. The SMILES string of the molecule is NC(=O)c1ccc([C@H]2CCCN2C(=O)Cn2nnc3ccccc3c2=O)s1. The van der Waals surface area contributed by atoms with Crippen LogP contribution >= 0.6 is 11.3 Å². The number of aromatic nitrogens is 3. The summed E-state index contributed by atoms with van der Waals surface area (Å²) in [6, 6.07) is 10.3. The van der Waals surface area contributed by atoms with Crippen LogP contribution in [0.5, 0.6) is 0 Å². The van der Waals surface area contributed by atoms with E-state index in [1.165, 1.54) is 11.3 Å². The van der Waals surface area contributed by atoms with Gasteiger partial charge < -0.3 is 10.6 Å². The number of benzene rings is 1. The van der Waals surface area contributed by atoms with Crippen molar-refractivity contribution in [2.75, 3.05) is 6.54 Å². The van der Waals surface area contributed by atoms with E-state index in [2.05, 4.69) is 10.3 Å². The molecule has 0 unspecified atom stereocenters. The third kappa shape index (κ3) is 3.21. The van der Waals surface area contributed by atoms with E-state index < -0.39 is 5.91 Å². The second-order valence-electron chi connectivity index (χ2n) is 6.38. The Morgan fingerprint density at radius 3 is 2.81 bits per heavy atom. The number of hydrogen-bond acceptors (Lipinski definition) is 6. The molecule has 3 heterocycles. The Morgan fingerprint density at radius 1 is 1.22 bits per heavy atom. The summed E-state index contributed by atoms with van der Waals surface area (Å²) in [5.74, 6) is -0.668. The number of likely N-dealkylation sites (tertiary alicyclic amines) is 1. The Bertz CT molecular complexity index is 1090. The van der Waals surface area contributed by atoms with Gasteiger partial charge in [0.05, 0.1) is 16.3 Å². The first-order chi connectivity index (χ1) is 13.0. The van der Waals surface area contributed by atoms with E-state index in [1.54, 1.807) is 35.2 Å². The molecule has 1 atom stereocenters. The molecule has 2 amide bonds. The van der Waals surface area contributed by atoms with Crippen molar-refractivity contribution >= 4 is 34.1 Å². The van der Waals surface area contributed by atoms with Gasteiger partial charge in [0.15, 0.2) is 0 Å². The predicted molar refractivity (Wildman–Crippen MR) is 100 cm³/mol. The minimum Gasteiger partial charge on any atom is -0.365 e. The molecule has 4 rings (SSSR count). The van der Waals surface area contributed by atoms with Crippen molar-refractivity contribution in [2.45, 2.75) is 25.4 Å². The van der Waals surface area contributed by atoms with Crippen LogP contribution in [-0.2, 0) is 11.3 Å². The number of primary amides is 1. The van der Waals surface area contributed by atoms with Crippen molar-refractivity contribution in [2.24, 2.45) is 5.73 Å². The molecule has 1 aromatic carbocycles. The maximum Gasteiger partial charge on any atom is 0.278 e. The fourth-order valence-electron chi connectivity index (χ4n) is 3.37. The molecule has 0 saturated carbocycles. The maximum absolute atomic E-state index is 12.8. The van der Waals surface area contributed by atoms with E-state index >= 15 is 0 Å². The molecule has 1 fully saturated rings. The number of amides is 2. The lowest BCUT2D eigenvalue weighted by atomic mass is 10.2. The van der Waals surface area contributed by atoms with Crippen molar-refractivity contribution in [3.63, 3.8) is 0 Å². The molecular weight excluding hydrogens is 366 g/mol. The average molecular weight is 383 g/mol. The number of nitrogens with zero attached hydrogens (tertiary/aromatic N) is 4. The summed E-state index contributed by atoms with van der Waals surface area (Å²) in [6.07, 6.45) is 1.67. The predicted octanol–water partition coefficient (Wildman–Crippen LogP) is 1.32. The molecule has 138 valence electrons. The van der Waals surface area contributed by atoms with Crippen molar-refractivity contribution in [1.29, 1.82) is 0 Å². The Labute approximate surface area is 158 Å². The largest absolute Gasteiger partial charge is 0.365 e. The highest BCUT2D eigenvalue weighted by molar-refractivity contribution is 7.14. The van der Waals surface area contributed by atoms with Gasteiger partial charge in [0.2, 0.25) is 5.91 Å². The van der Waals surface area contributed by atoms with Gasteiger partial charge in [-0.3, -0.25) is 14.4 Å². The minimum atomic E-state index is -0.472. The van der Waals surface area contributed by atoms with Crippen LogP contribution in [-0.4, -0.2) is 38.3 Å². The smallest absolute Gasteiger partial charge is 0.278 e. The van der Waals surface area contributed by atoms with E-state index in [4.69, 9.17) is 5.73 Å². The van der Waals surface area contributed by atoms with Crippen molar-refractivity contribution in [3.05, 3.63) is 56.5 Å². The topological polar surface area (TPSA) is 111 Å². The summed E-state index contributed by atoms with van der Waals surface area (Å²) in [6.45, 7) is 0.435. The second kappa shape index (κ2) is 6.92.